The van der Waals surface area contributed by atoms with Gasteiger partial charge in [0.25, 0.3) is 5.56 Å². The van der Waals surface area contributed by atoms with E-state index >= 15 is 0 Å². The zero-order valence-electron chi connectivity index (χ0n) is 13.2. The van der Waals surface area contributed by atoms with E-state index in [4.69, 9.17) is 9.84 Å². The number of carbonyl (C=O) groups is 1. The molecule has 6 nitrogen and oxygen atoms in total. The fraction of sp³-hybridized carbons (Fsp3) is 0.235. The van der Waals surface area contributed by atoms with Crippen LogP contribution >= 0.6 is 11.3 Å². The molecule has 0 aliphatic rings. The number of hydrogen-bond acceptors (Lipinski definition) is 5. The van der Waals surface area contributed by atoms with Gasteiger partial charge in [0.1, 0.15) is 16.6 Å². The molecule has 0 saturated carbocycles. The van der Waals surface area contributed by atoms with E-state index in [1.54, 1.807) is 0 Å². The van der Waals surface area contributed by atoms with Crippen LogP contribution in [-0.2, 0) is 4.79 Å². The molecule has 24 heavy (non-hydrogen) atoms. The lowest BCUT2D eigenvalue weighted by molar-refractivity contribution is -0.140. The van der Waals surface area contributed by atoms with Crippen LogP contribution in [0.2, 0.25) is 0 Å². The number of rotatable bonds is 5. The summed E-state index contributed by atoms with van der Waals surface area (Å²) in [5.74, 6) is -0.313. The van der Waals surface area contributed by atoms with Gasteiger partial charge in [0, 0.05) is 10.9 Å². The van der Waals surface area contributed by atoms with E-state index in [1.165, 1.54) is 24.6 Å². The van der Waals surface area contributed by atoms with E-state index in [1.807, 2.05) is 36.6 Å². The third-order valence-electron chi connectivity index (χ3n) is 3.77. The molecule has 0 fully saturated rings. The number of ether oxygens (including phenoxy) is 1. The first kappa shape index (κ1) is 16.2. The first-order chi connectivity index (χ1) is 11.5. The summed E-state index contributed by atoms with van der Waals surface area (Å²) in [6, 6.07) is 6.48. The Labute approximate surface area is 142 Å². The number of benzene rings is 1. The smallest absolute Gasteiger partial charge is 0.326 e. The Morgan fingerprint density at radius 2 is 2.08 bits per heavy atom. The van der Waals surface area contributed by atoms with Crippen molar-refractivity contribution < 1.29 is 14.6 Å². The molecule has 0 saturated heterocycles. The Bertz CT molecular complexity index is 943. The Morgan fingerprint density at radius 3 is 2.71 bits per heavy atom. The van der Waals surface area contributed by atoms with Gasteiger partial charge >= 0.3 is 5.97 Å². The van der Waals surface area contributed by atoms with Crippen molar-refractivity contribution in [2.45, 2.75) is 19.9 Å². The van der Waals surface area contributed by atoms with E-state index in [0.29, 0.717) is 16.8 Å². The van der Waals surface area contributed by atoms with E-state index < -0.39 is 12.0 Å². The van der Waals surface area contributed by atoms with Crippen molar-refractivity contribution >= 4 is 27.5 Å². The molecular formula is C17H16N2O4S. The molecule has 2 aromatic heterocycles. The van der Waals surface area contributed by atoms with Crippen molar-refractivity contribution in [2.24, 2.45) is 0 Å². The summed E-state index contributed by atoms with van der Waals surface area (Å²) in [5, 5.41) is 11.5. The molecule has 3 rings (SSSR count). The van der Waals surface area contributed by atoms with Crippen LogP contribution < -0.4 is 10.3 Å². The minimum atomic E-state index is -1.07. The van der Waals surface area contributed by atoms with Gasteiger partial charge in [-0.25, -0.2) is 9.78 Å². The summed E-state index contributed by atoms with van der Waals surface area (Å²) in [6.45, 7) is 3.96. The van der Waals surface area contributed by atoms with Crippen LogP contribution in [0.1, 0.15) is 19.9 Å². The molecule has 0 aliphatic carbocycles. The number of thiophene rings is 1. The second kappa shape index (κ2) is 6.45. The molecule has 0 bridgehead atoms. The SMILES string of the molecule is CCOc1ccc(-c2csc3ncn(C(C)C(=O)O)c(=O)c23)cc1. The predicted octanol–water partition coefficient (Wildman–Crippen LogP) is 3.17. The van der Waals surface area contributed by atoms with E-state index in [9.17, 15) is 9.59 Å². The number of fused-ring (bicyclic) bond motifs is 1. The second-order valence-corrected chi connectivity index (χ2v) is 6.12. The van der Waals surface area contributed by atoms with Crippen LogP contribution in [-0.4, -0.2) is 27.2 Å². The lowest BCUT2D eigenvalue weighted by Crippen LogP contribution is -2.28. The lowest BCUT2D eigenvalue weighted by atomic mass is 10.1. The van der Waals surface area contributed by atoms with Gasteiger partial charge in [-0.05, 0) is 31.5 Å². The molecule has 0 amide bonds. The highest BCUT2D eigenvalue weighted by atomic mass is 32.1. The molecule has 1 unspecified atom stereocenters. The summed E-state index contributed by atoms with van der Waals surface area (Å²) in [6.07, 6.45) is 1.29. The van der Waals surface area contributed by atoms with Crippen LogP contribution in [0.15, 0.2) is 40.8 Å². The minimum Gasteiger partial charge on any atom is -0.494 e. The van der Waals surface area contributed by atoms with Crippen LogP contribution in [0.4, 0.5) is 0 Å². The van der Waals surface area contributed by atoms with Gasteiger partial charge in [0.2, 0.25) is 0 Å². The number of aliphatic carboxylic acids is 1. The third kappa shape index (κ3) is 2.78. The van der Waals surface area contributed by atoms with Gasteiger partial charge in [0.05, 0.1) is 18.3 Å². The van der Waals surface area contributed by atoms with Crippen LogP contribution in [0.5, 0.6) is 5.75 Å². The second-order valence-electron chi connectivity index (χ2n) is 5.26. The average Bonchev–Trinajstić information content (AvgIpc) is 3.00. The van der Waals surface area contributed by atoms with Gasteiger partial charge < -0.3 is 9.84 Å². The number of aromatic nitrogens is 2. The number of carboxylic acids is 1. The summed E-state index contributed by atoms with van der Waals surface area (Å²) in [7, 11) is 0. The molecule has 0 spiro atoms. The highest BCUT2D eigenvalue weighted by Gasteiger charge is 2.19. The first-order valence-corrected chi connectivity index (χ1v) is 8.35. The van der Waals surface area contributed by atoms with Crippen molar-refractivity contribution in [3.05, 3.63) is 46.3 Å². The highest BCUT2D eigenvalue weighted by Crippen LogP contribution is 2.31. The quantitative estimate of drug-likeness (QED) is 0.769. The van der Waals surface area contributed by atoms with Gasteiger partial charge in [-0.15, -0.1) is 11.3 Å². The third-order valence-corrected chi connectivity index (χ3v) is 4.66. The van der Waals surface area contributed by atoms with E-state index in [-0.39, 0.29) is 5.56 Å². The normalized spacial score (nSPS) is 12.2. The van der Waals surface area contributed by atoms with Crippen molar-refractivity contribution in [3.63, 3.8) is 0 Å². The molecule has 1 aromatic carbocycles. The Kier molecular flexibility index (Phi) is 4.35. The molecular weight excluding hydrogens is 328 g/mol. The van der Waals surface area contributed by atoms with E-state index in [0.717, 1.165) is 21.4 Å². The van der Waals surface area contributed by atoms with E-state index in [2.05, 4.69) is 4.98 Å². The average molecular weight is 344 g/mol. The summed E-state index contributed by atoms with van der Waals surface area (Å²) in [5.41, 5.74) is 1.27. The summed E-state index contributed by atoms with van der Waals surface area (Å²) in [4.78, 5) is 28.7. The molecule has 0 radical (unpaired) electrons. The van der Waals surface area contributed by atoms with Crippen LogP contribution in [0.25, 0.3) is 21.3 Å². The maximum atomic E-state index is 12.7. The standard InChI is InChI=1S/C17H16N2O4S/c1-3-23-12-6-4-11(5-7-12)13-8-24-15-14(13)16(20)19(9-18-15)10(2)17(21)22/h4-10H,3H2,1-2H3,(H,21,22). The van der Waals surface area contributed by atoms with Crippen molar-refractivity contribution in [1.29, 1.82) is 0 Å². The van der Waals surface area contributed by atoms with Gasteiger partial charge in [-0.3, -0.25) is 9.36 Å². The maximum Gasteiger partial charge on any atom is 0.326 e. The molecule has 0 aliphatic heterocycles. The van der Waals surface area contributed by atoms with Crippen LogP contribution in [0.3, 0.4) is 0 Å². The first-order valence-electron chi connectivity index (χ1n) is 7.47. The molecule has 3 aromatic rings. The largest absolute Gasteiger partial charge is 0.494 e. The van der Waals surface area contributed by atoms with Crippen LogP contribution in [0, 0.1) is 0 Å². The molecule has 124 valence electrons. The zero-order chi connectivity index (χ0) is 17.3. The fourth-order valence-electron chi connectivity index (χ4n) is 2.45. The van der Waals surface area contributed by atoms with Gasteiger partial charge in [0.15, 0.2) is 0 Å². The topological polar surface area (TPSA) is 81.4 Å². The molecule has 2 heterocycles. The van der Waals surface area contributed by atoms with Gasteiger partial charge in [-0.1, -0.05) is 12.1 Å². The molecule has 7 heteroatoms. The van der Waals surface area contributed by atoms with Crippen molar-refractivity contribution in [2.75, 3.05) is 6.61 Å². The monoisotopic (exact) mass is 344 g/mol. The highest BCUT2D eigenvalue weighted by molar-refractivity contribution is 7.17. The van der Waals surface area contributed by atoms with Crippen molar-refractivity contribution in [1.82, 2.24) is 9.55 Å². The number of carboxylic acid groups (broad SMARTS) is 1. The Balaban J connectivity index is 2.14. The predicted molar refractivity (Wildman–Crippen MR) is 92.8 cm³/mol. The number of hydrogen-bond donors (Lipinski definition) is 1. The Morgan fingerprint density at radius 1 is 1.38 bits per heavy atom. The summed E-state index contributed by atoms with van der Waals surface area (Å²) >= 11 is 1.36. The maximum absolute atomic E-state index is 12.7. The van der Waals surface area contributed by atoms with Crippen molar-refractivity contribution in [3.8, 4) is 16.9 Å². The molecule has 1 atom stereocenters. The molecule has 1 N–H and O–H groups in total. The Hall–Kier alpha value is -2.67. The fourth-order valence-corrected chi connectivity index (χ4v) is 3.36. The number of nitrogens with zero attached hydrogens (tertiary/aromatic N) is 2. The summed E-state index contributed by atoms with van der Waals surface area (Å²) < 4.78 is 6.57. The minimum absolute atomic E-state index is 0.347. The lowest BCUT2D eigenvalue weighted by Gasteiger charge is -2.10. The van der Waals surface area contributed by atoms with Gasteiger partial charge in [-0.2, -0.15) is 0 Å². The zero-order valence-corrected chi connectivity index (χ0v) is 14.0.